The third-order valence-corrected chi connectivity index (χ3v) is 7.47. The number of rotatable bonds is 5. The van der Waals surface area contributed by atoms with Gasteiger partial charge in [0.15, 0.2) is 5.82 Å². The first kappa shape index (κ1) is 25.2. The predicted octanol–water partition coefficient (Wildman–Crippen LogP) is 4.37. The van der Waals surface area contributed by atoms with Crippen LogP contribution < -0.4 is 16.2 Å². The number of aromatic nitrogens is 3. The van der Waals surface area contributed by atoms with Crippen molar-refractivity contribution in [1.82, 2.24) is 20.1 Å². The van der Waals surface area contributed by atoms with E-state index in [2.05, 4.69) is 20.7 Å². The van der Waals surface area contributed by atoms with Gasteiger partial charge >= 0.3 is 6.18 Å². The number of anilines is 2. The molecule has 3 N–H and O–H groups in total. The molecule has 12 heteroatoms. The lowest BCUT2D eigenvalue weighted by Gasteiger charge is -2.40. The summed E-state index contributed by atoms with van der Waals surface area (Å²) in [6.07, 6.45) is -3.48. The lowest BCUT2D eigenvalue weighted by atomic mass is 9.81. The van der Waals surface area contributed by atoms with Crippen LogP contribution in [0.5, 0.6) is 0 Å². The van der Waals surface area contributed by atoms with Crippen molar-refractivity contribution in [1.29, 1.82) is 5.26 Å². The van der Waals surface area contributed by atoms with E-state index < -0.39 is 29.0 Å². The highest BCUT2D eigenvalue weighted by Crippen LogP contribution is 2.45. The quantitative estimate of drug-likeness (QED) is 0.433. The Morgan fingerprint density at radius 2 is 2.00 bits per heavy atom. The number of nitrogens with one attached hydrogen (secondary N) is 3. The van der Waals surface area contributed by atoms with Crippen molar-refractivity contribution < 1.29 is 22.3 Å². The Kier molecular flexibility index (Phi) is 6.45. The van der Waals surface area contributed by atoms with Gasteiger partial charge in [0.2, 0.25) is 0 Å². The van der Waals surface area contributed by atoms with Crippen LogP contribution in [0.3, 0.4) is 0 Å². The van der Waals surface area contributed by atoms with E-state index in [1.165, 1.54) is 35.1 Å². The van der Waals surface area contributed by atoms with Crippen LogP contribution >= 0.6 is 0 Å². The van der Waals surface area contributed by atoms with Crippen LogP contribution in [0.25, 0.3) is 10.9 Å². The fraction of sp³-hybridized carbons (Fsp3) is 0.480. The first-order chi connectivity index (χ1) is 17.7. The lowest BCUT2D eigenvalue weighted by molar-refractivity contribution is -0.207. The van der Waals surface area contributed by atoms with E-state index in [9.17, 15) is 23.2 Å². The summed E-state index contributed by atoms with van der Waals surface area (Å²) in [7, 11) is 0. The van der Waals surface area contributed by atoms with Gasteiger partial charge in [0.05, 0.1) is 24.6 Å². The van der Waals surface area contributed by atoms with Gasteiger partial charge in [-0.15, -0.1) is 0 Å². The van der Waals surface area contributed by atoms with E-state index in [-0.39, 0.29) is 55.8 Å². The van der Waals surface area contributed by atoms with Crippen molar-refractivity contribution >= 4 is 22.4 Å². The number of pyridine rings is 1. The Morgan fingerprint density at radius 1 is 1.22 bits per heavy atom. The minimum absolute atomic E-state index is 0.0528. The van der Waals surface area contributed by atoms with Crippen molar-refractivity contribution in [3.8, 4) is 6.07 Å². The van der Waals surface area contributed by atoms with Crippen LogP contribution in [0.1, 0.15) is 37.7 Å². The van der Waals surface area contributed by atoms with Crippen molar-refractivity contribution in [3.63, 3.8) is 0 Å². The highest BCUT2D eigenvalue weighted by atomic mass is 19.4. The van der Waals surface area contributed by atoms with E-state index >= 15 is 4.39 Å². The molecule has 3 aromatic rings. The number of alkyl halides is 4. The molecule has 2 aliphatic rings. The molecule has 8 nitrogen and oxygen atoms in total. The Labute approximate surface area is 209 Å². The van der Waals surface area contributed by atoms with Gasteiger partial charge < -0.3 is 15.0 Å². The number of aromatic amines is 1. The van der Waals surface area contributed by atoms with E-state index in [1.54, 1.807) is 6.07 Å². The average Bonchev–Trinajstić information content (AvgIpc) is 3.26. The van der Waals surface area contributed by atoms with Gasteiger partial charge in [-0.05, 0) is 56.0 Å². The highest BCUT2D eigenvalue weighted by Gasteiger charge is 2.56. The van der Waals surface area contributed by atoms with Crippen LogP contribution in [0.15, 0.2) is 41.3 Å². The molecule has 3 atom stereocenters. The second kappa shape index (κ2) is 9.46. The molecule has 0 spiro atoms. The fourth-order valence-electron chi connectivity index (χ4n) is 5.43. The molecule has 5 rings (SSSR count). The van der Waals surface area contributed by atoms with Gasteiger partial charge in [0.25, 0.3) is 5.56 Å². The molecule has 2 aliphatic heterocycles. The SMILES string of the molecule is N#CCC1(n2nc(Nc3ccc(C4(C(F)(F)F)CCCCN4)cc3)c3c(=O)[nH]ccc32)CCOCC1F. The molecule has 4 heterocycles. The molecule has 1 aromatic carbocycles. The van der Waals surface area contributed by atoms with Crippen molar-refractivity contribution in [3.05, 3.63) is 52.4 Å². The van der Waals surface area contributed by atoms with Crippen LogP contribution in [-0.2, 0) is 15.8 Å². The number of H-pyrrole nitrogens is 1. The zero-order chi connectivity index (χ0) is 26.3. The number of fused-ring (bicyclic) bond motifs is 1. The van der Waals surface area contributed by atoms with Gasteiger partial charge in [-0.1, -0.05) is 12.1 Å². The minimum atomic E-state index is -4.47. The van der Waals surface area contributed by atoms with E-state index in [1.807, 2.05) is 6.07 Å². The summed E-state index contributed by atoms with van der Waals surface area (Å²) < 4.78 is 64.1. The third kappa shape index (κ3) is 4.16. The minimum Gasteiger partial charge on any atom is -0.378 e. The van der Waals surface area contributed by atoms with Crippen LogP contribution in [0, 0.1) is 11.3 Å². The summed E-state index contributed by atoms with van der Waals surface area (Å²) in [5.74, 6) is 0.113. The average molecular weight is 519 g/mol. The number of nitrogens with zero attached hydrogens (tertiary/aromatic N) is 3. The molecular formula is C25H26F4N6O2. The maximum Gasteiger partial charge on any atom is 0.410 e. The Balaban J connectivity index is 1.54. The molecule has 0 aliphatic carbocycles. The summed E-state index contributed by atoms with van der Waals surface area (Å²) in [5, 5.41) is 19.8. The maximum atomic E-state index is 15.3. The number of hydrogen-bond acceptors (Lipinski definition) is 6. The third-order valence-electron chi connectivity index (χ3n) is 7.47. The molecule has 196 valence electrons. The zero-order valence-corrected chi connectivity index (χ0v) is 19.9. The first-order valence-electron chi connectivity index (χ1n) is 12.1. The number of benzene rings is 1. The zero-order valence-electron chi connectivity index (χ0n) is 19.9. The smallest absolute Gasteiger partial charge is 0.378 e. The maximum absolute atomic E-state index is 15.3. The summed E-state index contributed by atoms with van der Waals surface area (Å²) in [6, 6.07) is 9.43. The lowest BCUT2D eigenvalue weighted by Crippen LogP contribution is -2.56. The van der Waals surface area contributed by atoms with Crippen LogP contribution in [0.2, 0.25) is 0 Å². The molecule has 37 heavy (non-hydrogen) atoms. The summed E-state index contributed by atoms with van der Waals surface area (Å²) in [4.78, 5) is 15.4. The molecular weight excluding hydrogens is 492 g/mol. The number of hydrogen-bond donors (Lipinski definition) is 3. The standard InChI is InChI=1S/C25H26F4N6O2/c26-19-15-37-14-10-23(19,9-11-30)35-18-7-13-31-22(36)20(18)21(34-35)33-17-5-3-16(4-6-17)24(25(27,28)29)8-1-2-12-32-24/h3-7,13,19,32H,1-2,8-10,12,14-15H2,(H,31,36)(H,33,34). The van der Waals surface area contributed by atoms with Gasteiger partial charge in [-0.3, -0.25) is 14.8 Å². The first-order valence-corrected chi connectivity index (χ1v) is 12.1. The summed E-state index contributed by atoms with van der Waals surface area (Å²) >= 11 is 0. The normalized spacial score (nSPS) is 26.6. The van der Waals surface area contributed by atoms with Gasteiger partial charge in [0, 0.05) is 18.5 Å². The number of nitriles is 1. The number of halogens is 4. The molecule has 2 aromatic heterocycles. The van der Waals surface area contributed by atoms with E-state index in [4.69, 9.17) is 4.74 Å². The monoisotopic (exact) mass is 518 g/mol. The van der Waals surface area contributed by atoms with Crippen molar-refractivity contribution in [2.45, 2.75) is 55.5 Å². The summed E-state index contributed by atoms with van der Waals surface area (Å²) in [6.45, 7) is 0.300. The van der Waals surface area contributed by atoms with E-state index in [0.29, 0.717) is 24.0 Å². The highest BCUT2D eigenvalue weighted by molar-refractivity contribution is 5.91. The molecule has 0 radical (unpaired) electrons. The topological polar surface area (TPSA) is 108 Å². The Bertz CT molecular complexity index is 1370. The number of ether oxygens (including phenoxy) is 1. The molecule has 2 saturated heterocycles. The summed E-state index contributed by atoms with van der Waals surface area (Å²) in [5.41, 5.74) is -3.06. The van der Waals surface area contributed by atoms with Gasteiger partial charge in [-0.2, -0.15) is 23.5 Å². The molecule has 0 saturated carbocycles. The number of piperidine rings is 1. The van der Waals surface area contributed by atoms with Crippen LogP contribution in [0.4, 0.5) is 29.1 Å². The molecule has 3 unspecified atom stereocenters. The fourth-order valence-corrected chi connectivity index (χ4v) is 5.43. The Morgan fingerprint density at radius 3 is 2.65 bits per heavy atom. The van der Waals surface area contributed by atoms with Crippen molar-refractivity contribution in [2.75, 3.05) is 25.1 Å². The largest absolute Gasteiger partial charge is 0.410 e. The Hall–Kier alpha value is -3.43. The van der Waals surface area contributed by atoms with Crippen molar-refractivity contribution in [2.24, 2.45) is 0 Å². The van der Waals surface area contributed by atoms with Crippen LogP contribution in [-0.4, -0.2) is 46.9 Å². The molecule has 0 amide bonds. The van der Waals surface area contributed by atoms with E-state index in [0.717, 1.165) is 0 Å². The molecule has 2 fully saturated rings. The predicted molar refractivity (Wildman–Crippen MR) is 128 cm³/mol. The van der Waals surface area contributed by atoms with Gasteiger partial charge in [0.1, 0.15) is 22.6 Å². The van der Waals surface area contributed by atoms with Gasteiger partial charge in [-0.25, -0.2) is 4.39 Å². The molecule has 0 bridgehead atoms. The second-order valence-electron chi connectivity index (χ2n) is 9.55. The second-order valence-corrected chi connectivity index (χ2v) is 9.55.